The predicted octanol–water partition coefficient (Wildman–Crippen LogP) is 2.43. The van der Waals surface area contributed by atoms with Crippen molar-refractivity contribution < 1.29 is 9.90 Å². The van der Waals surface area contributed by atoms with Crippen LogP contribution in [0.4, 0.5) is 0 Å². The van der Waals surface area contributed by atoms with Crippen molar-refractivity contribution >= 4 is 14.0 Å². The van der Waals surface area contributed by atoms with Gasteiger partial charge in [-0.2, -0.15) is 0 Å². The molecule has 0 aliphatic carbocycles. The molecule has 1 rings (SSSR count). The van der Waals surface area contributed by atoms with Crippen molar-refractivity contribution in [2.45, 2.75) is 37.9 Å². The Labute approximate surface area is 74.3 Å². The summed E-state index contributed by atoms with van der Waals surface area (Å²) in [6, 6.07) is 2.55. The van der Waals surface area contributed by atoms with Gasteiger partial charge in [0.15, 0.2) is 0 Å². The third-order valence-corrected chi connectivity index (χ3v) is 6.59. The first kappa shape index (κ1) is 9.51. The lowest BCUT2D eigenvalue weighted by Gasteiger charge is -2.27. The summed E-state index contributed by atoms with van der Waals surface area (Å²) in [6.07, 6.45) is 5.28. The lowest BCUT2D eigenvalue weighted by atomic mass is 10.3. The highest BCUT2D eigenvalue weighted by atomic mass is 28.3. The van der Waals surface area contributed by atoms with Crippen LogP contribution in [0.2, 0.25) is 18.6 Å². The van der Waals surface area contributed by atoms with Crippen molar-refractivity contribution in [1.29, 1.82) is 0 Å². The van der Waals surface area contributed by atoms with Gasteiger partial charge in [-0.05, 0) is 0 Å². The zero-order chi connectivity index (χ0) is 9.03. The monoisotopic (exact) mass is 184 g/mol. The number of carboxylic acids is 1. The summed E-state index contributed by atoms with van der Waals surface area (Å²) in [4.78, 5) is 10.3. The molecule has 1 aliphatic rings. The lowest BCUT2D eigenvalue weighted by molar-refractivity contribution is -0.131. The van der Waals surface area contributed by atoms with Gasteiger partial charge in [0.25, 0.3) is 0 Å². The Morgan fingerprint density at radius 1 is 1.33 bits per heavy atom. The first-order valence-corrected chi connectivity index (χ1v) is 7.54. The van der Waals surface area contributed by atoms with Crippen LogP contribution in [0.25, 0.3) is 0 Å². The van der Waals surface area contributed by atoms with Crippen LogP contribution in [0.15, 0.2) is 11.8 Å². The van der Waals surface area contributed by atoms with E-state index in [0.717, 1.165) is 0 Å². The molecule has 0 saturated carbocycles. The van der Waals surface area contributed by atoms with Gasteiger partial charge in [-0.3, -0.25) is 0 Å². The zero-order valence-corrected chi connectivity index (χ0v) is 8.55. The summed E-state index contributed by atoms with van der Waals surface area (Å²) >= 11 is 0. The van der Waals surface area contributed by atoms with Gasteiger partial charge in [0, 0.05) is 6.08 Å². The van der Waals surface area contributed by atoms with Crippen molar-refractivity contribution in [3.63, 3.8) is 0 Å². The number of carbonyl (C=O) groups is 1. The predicted molar refractivity (Wildman–Crippen MR) is 51.9 cm³/mol. The molecule has 0 amide bonds. The van der Waals surface area contributed by atoms with Gasteiger partial charge in [-0.15, -0.1) is 0 Å². The Balaban J connectivity index is 2.52. The molecule has 1 saturated heterocycles. The van der Waals surface area contributed by atoms with Gasteiger partial charge in [0.2, 0.25) is 0 Å². The van der Waals surface area contributed by atoms with Gasteiger partial charge in [-0.25, -0.2) is 4.79 Å². The van der Waals surface area contributed by atoms with Crippen LogP contribution in [0, 0.1) is 0 Å². The molecule has 0 aromatic carbocycles. The Hall–Kier alpha value is -0.573. The van der Waals surface area contributed by atoms with E-state index < -0.39 is 14.0 Å². The van der Waals surface area contributed by atoms with Crippen LogP contribution in [-0.4, -0.2) is 19.1 Å². The van der Waals surface area contributed by atoms with Gasteiger partial charge < -0.3 is 5.11 Å². The van der Waals surface area contributed by atoms with Crippen molar-refractivity contribution in [3.8, 4) is 0 Å². The van der Waals surface area contributed by atoms with Crippen LogP contribution in [-0.2, 0) is 4.79 Å². The normalized spacial score (nSPS) is 22.8. The quantitative estimate of drug-likeness (QED) is 0.528. The minimum Gasteiger partial charge on any atom is -0.478 e. The summed E-state index contributed by atoms with van der Waals surface area (Å²) in [5.74, 6) is -0.797. The molecule has 68 valence electrons. The average molecular weight is 184 g/mol. The van der Waals surface area contributed by atoms with Crippen molar-refractivity contribution in [3.05, 3.63) is 11.8 Å². The second-order valence-electron chi connectivity index (χ2n) is 3.89. The lowest BCUT2D eigenvalue weighted by Crippen LogP contribution is -2.30. The van der Waals surface area contributed by atoms with Crippen molar-refractivity contribution in [2.75, 3.05) is 0 Å². The number of carboxylic acid groups (broad SMARTS) is 1. The molecule has 1 aliphatic heterocycles. The van der Waals surface area contributed by atoms with E-state index in [9.17, 15) is 4.79 Å². The molecule has 1 N–H and O–H groups in total. The van der Waals surface area contributed by atoms with E-state index in [4.69, 9.17) is 5.11 Å². The molecule has 0 atom stereocenters. The fourth-order valence-corrected chi connectivity index (χ4v) is 5.04. The Morgan fingerprint density at radius 3 is 2.42 bits per heavy atom. The van der Waals surface area contributed by atoms with Gasteiger partial charge >= 0.3 is 5.97 Å². The van der Waals surface area contributed by atoms with E-state index in [2.05, 4.69) is 6.55 Å². The molecule has 0 bridgehead atoms. The number of rotatable bonds is 2. The van der Waals surface area contributed by atoms with E-state index in [1.807, 2.05) is 5.70 Å². The van der Waals surface area contributed by atoms with Crippen LogP contribution in [0.3, 0.4) is 0 Å². The number of aliphatic carboxylic acids is 1. The first-order chi connectivity index (χ1) is 5.62. The highest BCUT2D eigenvalue weighted by Crippen LogP contribution is 2.29. The molecule has 0 radical (unpaired) electrons. The molecule has 0 spiro atoms. The van der Waals surface area contributed by atoms with E-state index in [1.165, 1.54) is 37.4 Å². The molecule has 1 heterocycles. The topological polar surface area (TPSA) is 37.3 Å². The standard InChI is InChI=1S/C9H16O2Si/c1-12(8-5-9(10)11)6-3-2-4-7-12/h5,8H,2-4,6-7H2,1H3,(H,10,11)/b8-5+. The third-order valence-electron chi connectivity index (χ3n) is 2.62. The van der Waals surface area contributed by atoms with Gasteiger partial charge in [0.1, 0.15) is 0 Å². The summed E-state index contributed by atoms with van der Waals surface area (Å²) in [7, 11) is -1.26. The summed E-state index contributed by atoms with van der Waals surface area (Å²) < 4.78 is 0. The van der Waals surface area contributed by atoms with Crippen LogP contribution < -0.4 is 0 Å². The smallest absolute Gasteiger partial charge is 0.327 e. The van der Waals surface area contributed by atoms with Crippen LogP contribution in [0.5, 0.6) is 0 Å². The molecule has 0 unspecified atom stereocenters. The fourth-order valence-electron chi connectivity index (χ4n) is 1.80. The molecule has 1 fully saturated rings. The molecule has 0 aromatic rings. The Kier molecular flexibility index (Phi) is 3.09. The molecule has 3 heteroatoms. The molecule has 0 aromatic heterocycles. The third kappa shape index (κ3) is 2.81. The van der Waals surface area contributed by atoms with E-state index >= 15 is 0 Å². The molecular formula is C9H16O2Si. The maximum absolute atomic E-state index is 10.3. The van der Waals surface area contributed by atoms with E-state index in [1.54, 1.807) is 0 Å². The highest BCUT2D eigenvalue weighted by molar-refractivity contribution is 6.83. The van der Waals surface area contributed by atoms with Crippen molar-refractivity contribution in [2.24, 2.45) is 0 Å². The van der Waals surface area contributed by atoms with Gasteiger partial charge in [0.05, 0.1) is 8.07 Å². The maximum Gasteiger partial charge on any atom is 0.327 e. The van der Waals surface area contributed by atoms with Crippen LogP contribution in [0.1, 0.15) is 19.3 Å². The molecule has 2 nitrogen and oxygen atoms in total. The Bertz CT molecular complexity index is 193. The summed E-state index contributed by atoms with van der Waals surface area (Å²) in [6.45, 7) is 2.28. The average Bonchev–Trinajstić information content (AvgIpc) is 2.03. The van der Waals surface area contributed by atoms with Crippen LogP contribution >= 0.6 is 0 Å². The summed E-state index contributed by atoms with van der Waals surface area (Å²) in [5, 5.41) is 8.49. The van der Waals surface area contributed by atoms with E-state index in [-0.39, 0.29) is 0 Å². The maximum atomic E-state index is 10.3. The first-order valence-electron chi connectivity index (χ1n) is 4.55. The van der Waals surface area contributed by atoms with Gasteiger partial charge in [-0.1, -0.05) is 43.6 Å². The summed E-state index contributed by atoms with van der Waals surface area (Å²) in [5.41, 5.74) is 1.99. The van der Waals surface area contributed by atoms with E-state index in [0.29, 0.717) is 0 Å². The zero-order valence-electron chi connectivity index (χ0n) is 7.55. The largest absolute Gasteiger partial charge is 0.478 e. The fraction of sp³-hybridized carbons (Fsp3) is 0.667. The number of hydrogen-bond acceptors (Lipinski definition) is 1. The highest BCUT2D eigenvalue weighted by Gasteiger charge is 2.26. The Morgan fingerprint density at radius 2 is 1.92 bits per heavy atom. The SMILES string of the molecule is C[Si]1(/C=C/C(=O)O)CCCCC1. The minimum absolute atomic E-state index is 0.797. The second-order valence-corrected chi connectivity index (χ2v) is 8.53. The second kappa shape index (κ2) is 3.89. The molecular weight excluding hydrogens is 168 g/mol. The minimum atomic E-state index is -1.26. The van der Waals surface area contributed by atoms with Crippen molar-refractivity contribution in [1.82, 2.24) is 0 Å². The molecule has 12 heavy (non-hydrogen) atoms. The number of hydrogen-bond donors (Lipinski definition) is 1.